The quantitative estimate of drug-likeness (QED) is 0.467. The molecule has 2 saturated carbocycles. The second-order valence-electron chi connectivity index (χ2n) is 8.34. The number of carbonyl (C=O) groups excluding carboxylic acids is 3. The molecular formula is C23H20Br2N2O3. The molecule has 7 heteroatoms. The zero-order valence-corrected chi connectivity index (χ0v) is 19.4. The molecule has 1 saturated heterocycles. The first-order valence-electron chi connectivity index (χ1n) is 10.0. The summed E-state index contributed by atoms with van der Waals surface area (Å²) in [5.41, 5.74) is 2.57. The fraction of sp³-hybridized carbons (Fsp3) is 0.348. The molecule has 30 heavy (non-hydrogen) atoms. The lowest BCUT2D eigenvalue weighted by molar-refractivity contribution is -0.123. The number of aryl methyl sites for hydroxylation is 1. The van der Waals surface area contributed by atoms with E-state index in [1.165, 1.54) is 4.90 Å². The van der Waals surface area contributed by atoms with Crippen molar-refractivity contribution in [3.05, 3.63) is 59.7 Å². The summed E-state index contributed by atoms with van der Waals surface area (Å²) in [4.78, 5) is 40.9. The molecule has 1 heterocycles. The minimum atomic E-state index is -0.273. The van der Waals surface area contributed by atoms with Gasteiger partial charge in [-0.2, -0.15) is 0 Å². The second-order valence-corrected chi connectivity index (χ2v) is 10.4. The number of halogens is 2. The molecule has 154 valence electrons. The highest BCUT2D eigenvalue weighted by molar-refractivity contribution is 9.12. The van der Waals surface area contributed by atoms with Crippen molar-refractivity contribution in [1.29, 1.82) is 0 Å². The molecule has 3 amide bonds. The number of hydrogen-bond acceptors (Lipinski definition) is 3. The number of para-hydroxylation sites is 1. The molecule has 2 aromatic rings. The van der Waals surface area contributed by atoms with Gasteiger partial charge in [0.15, 0.2) is 0 Å². The number of nitrogens with zero attached hydrogens (tertiary/aromatic N) is 1. The van der Waals surface area contributed by atoms with E-state index in [9.17, 15) is 14.4 Å². The van der Waals surface area contributed by atoms with Gasteiger partial charge < -0.3 is 5.32 Å². The number of alkyl halides is 2. The normalized spacial score (nSPS) is 31.9. The fourth-order valence-corrected chi connectivity index (χ4v) is 7.17. The first-order chi connectivity index (χ1) is 14.4. The largest absolute Gasteiger partial charge is 0.322 e. The minimum Gasteiger partial charge on any atom is -0.322 e. The summed E-state index contributed by atoms with van der Waals surface area (Å²) in [5, 5.41) is 2.90. The van der Waals surface area contributed by atoms with Crippen LogP contribution in [0.2, 0.25) is 0 Å². The van der Waals surface area contributed by atoms with Crippen molar-refractivity contribution in [1.82, 2.24) is 0 Å². The van der Waals surface area contributed by atoms with Gasteiger partial charge in [0.25, 0.3) is 5.91 Å². The van der Waals surface area contributed by atoms with Gasteiger partial charge in [0.05, 0.1) is 17.5 Å². The van der Waals surface area contributed by atoms with Gasteiger partial charge in [-0.05, 0) is 55.0 Å². The zero-order valence-electron chi connectivity index (χ0n) is 16.2. The highest BCUT2D eigenvalue weighted by atomic mass is 79.9. The van der Waals surface area contributed by atoms with E-state index in [0.717, 1.165) is 17.7 Å². The Morgan fingerprint density at radius 3 is 2.23 bits per heavy atom. The van der Waals surface area contributed by atoms with E-state index < -0.39 is 0 Å². The standard InChI is InChI=1S/C23H20Br2N2O3/c1-11-5-2-3-8-16(11)26-21(28)12-6-4-7-13(9-12)27-22(29)17-14-10-15(18(17)23(27)30)20(25)19(14)24/h2-9,14-15,17-20H,10H2,1H3,(H,26,28)/t14-,15-,17-,18-,19-,20+/m1/s1. The smallest absolute Gasteiger partial charge is 0.255 e. The summed E-state index contributed by atoms with van der Waals surface area (Å²) < 4.78 is 0. The van der Waals surface area contributed by atoms with Crippen LogP contribution in [-0.2, 0) is 9.59 Å². The van der Waals surface area contributed by atoms with Crippen LogP contribution in [-0.4, -0.2) is 27.4 Å². The Balaban J connectivity index is 1.42. The number of fused-ring (bicyclic) bond motifs is 5. The Hall–Kier alpha value is -1.99. The summed E-state index contributed by atoms with van der Waals surface area (Å²) in [7, 11) is 0. The average Bonchev–Trinajstić information content (AvgIpc) is 3.34. The predicted molar refractivity (Wildman–Crippen MR) is 122 cm³/mol. The van der Waals surface area contributed by atoms with Crippen molar-refractivity contribution >= 4 is 61.0 Å². The molecule has 0 radical (unpaired) electrons. The third-order valence-electron chi connectivity index (χ3n) is 6.75. The lowest BCUT2D eigenvalue weighted by Gasteiger charge is -2.28. The number of rotatable bonds is 3. The van der Waals surface area contributed by atoms with Crippen LogP contribution in [0.15, 0.2) is 48.5 Å². The molecule has 0 unspecified atom stereocenters. The molecule has 5 rings (SSSR count). The van der Waals surface area contributed by atoms with Crippen LogP contribution in [0.25, 0.3) is 0 Å². The highest BCUT2D eigenvalue weighted by Crippen LogP contribution is 2.60. The highest BCUT2D eigenvalue weighted by Gasteiger charge is 2.66. The molecule has 2 bridgehead atoms. The Kier molecular flexibility index (Phi) is 4.86. The van der Waals surface area contributed by atoms with Crippen LogP contribution in [0.1, 0.15) is 22.3 Å². The number of anilines is 2. The number of benzene rings is 2. The molecular weight excluding hydrogens is 512 g/mol. The summed E-state index contributed by atoms with van der Waals surface area (Å²) in [6, 6.07) is 14.3. The van der Waals surface area contributed by atoms with E-state index in [0.29, 0.717) is 11.3 Å². The van der Waals surface area contributed by atoms with Gasteiger partial charge in [-0.1, -0.05) is 56.1 Å². The first kappa shape index (κ1) is 19.9. The zero-order chi connectivity index (χ0) is 21.2. The number of hydrogen-bond donors (Lipinski definition) is 1. The van der Waals surface area contributed by atoms with Gasteiger partial charge in [-0.15, -0.1) is 0 Å². The Morgan fingerprint density at radius 1 is 0.967 bits per heavy atom. The molecule has 3 fully saturated rings. The lowest BCUT2D eigenvalue weighted by atomic mass is 9.81. The van der Waals surface area contributed by atoms with Crippen molar-refractivity contribution in [2.75, 3.05) is 10.2 Å². The average molecular weight is 532 g/mol. The Morgan fingerprint density at radius 2 is 1.60 bits per heavy atom. The van der Waals surface area contributed by atoms with Gasteiger partial charge >= 0.3 is 0 Å². The summed E-state index contributed by atoms with van der Waals surface area (Å²) in [6.07, 6.45) is 0.894. The van der Waals surface area contributed by atoms with E-state index in [2.05, 4.69) is 37.2 Å². The number of carbonyl (C=O) groups is 3. The van der Waals surface area contributed by atoms with Crippen LogP contribution in [0, 0.1) is 30.6 Å². The molecule has 5 nitrogen and oxygen atoms in total. The molecule has 0 spiro atoms. The van der Waals surface area contributed by atoms with E-state index in [1.807, 2.05) is 31.2 Å². The molecule has 1 N–H and O–H groups in total. The summed E-state index contributed by atoms with van der Waals surface area (Å²) in [6.45, 7) is 1.93. The number of amides is 3. The van der Waals surface area contributed by atoms with Crippen molar-refractivity contribution < 1.29 is 14.4 Å². The second kappa shape index (κ2) is 7.31. The van der Waals surface area contributed by atoms with E-state index in [-0.39, 0.29) is 51.0 Å². The lowest BCUT2D eigenvalue weighted by Crippen LogP contribution is -2.37. The monoisotopic (exact) mass is 530 g/mol. The maximum Gasteiger partial charge on any atom is 0.255 e. The maximum absolute atomic E-state index is 13.2. The van der Waals surface area contributed by atoms with Crippen molar-refractivity contribution in [3.8, 4) is 0 Å². The summed E-state index contributed by atoms with van der Waals surface area (Å²) in [5.74, 6) is -0.769. The third-order valence-corrected chi connectivity index (χ3v) is 9.95. The van der Waals surface area contributed by atoms with Crippen LogP contribution >= 0.6 is 31.9 Å². The van der Waals surface area contributed by atoms with Crippen LogP contribution in [0.4, 0.5) is 11.4 Å². The molecule has 0 aromatic heterocycles. The van der Waals surface area contributed by atoms with Gasteiger partial charge in [0, 0.05) is 20.9 Å². The fourth-order valence-electron chi connectivity index (χ4n) is 5.30. The van der Waals surface area contributed by atoms with Gasteiger partial charge in [0.1, 0.15) is 0 Å². The Bertz CT molecular complexity index is 1040. The van der Waals surface area contributed by atoms with Gasteiger partial charge in [-0.3, -0.25) is 19.3 Å². The molecule has 2 aliphatic carbocycles. The van der Waals surface area contributed by atoms with Crippen LogP contribution in [0.3, 0.4) is 0 Å². The molecule has 2 aromatic carbocycles. The van der Waals surface area contributed by atoms with Crippen molar-refractivity contribution in [2.24, 2.45) is 23.7 Å². The van der Waals surface area contributed by atoms with E-state index in [4.69, 9.17) is 0 Å². The van der Waals surface area contributed by atoms with Crippen molar-refractivity contribution in [3.63, 3.8) is 0 Å². The SMILES string of the molecule is Cc1ccccc1NC(=O)c1cccc(N2C(=O)[C@@H]3[C@H]4C[C@@H]([C@@H](Br)[C@H]4Br)[C@H]3C2=O)c1. The van der Waals surface area contributed by atoms with E-state index in [1.54, 1.807) is 24.3 Å². The Labute approximate surface area is 191 Å². The molecule has 1 aliphatic heterocycles. The van der Waals surface area contributed by atoms with Gasteiger partial charge in [-0.25, -0.2) is 0 Å². The maximum atomic E-state index is 13.2. The summed E-state index contributed by atoms with van der Waals surface area (Å²) >= 11 is 7.41. The minimum absolute atomic E-state index is 0.141. The predicted octanol–water partition coefficient (Wildman–Crippen LogP) is 4.53. The van der Waals surface area contributed by atoms with Crippen molar-refractivity contribution in [2.45, 2.75) is 23.0 Å². The number of nitrogens with one attached hydrogen (secondary N) is 1. The number of imide groups is 1. The van der Waals surface area contributed by atoms with E-state index >= 15 is 0 Å². The molecule has 6 atom stereocenters. The van der Waals surface area contributed by atoms with Crippen LogP contribution in [0.5, 0.6) is 0 Å². The first-order valence-corrected chi connectivity index (χ1v) is 11.8. The molecule has 3 aliphatic rings. The van der Waals surface area contributed by atoms with Gasteiger partial charge in [0.2, 0.25) is 11.8 Å². The van der Waals surface area contributed by atoms with Crippen LogP contribution < -0.4 is 10.2 Å². The third kappa shape index (κ3) is 2.89. The topological polar surface area (TPSA) is 66.5 Å².